The quantitative estimate of drug-likeness (QED) is 0.716. The molecule has 0 fully saturated rings. The Kier molecular flexibility index (Phi) is 2.83. The van der Waals surface area contributed by atoms with Gasteiger partial charge in [-0.3, -0.25) is 0 Å². The number of aromatic nitrogens is 5. The van der Waals surface area contributed by atoms with Gasteiger partial charge in [0.15, 0.2) is 11.0 Å². The standard InChI is InChI=1S/C12H12N6S/c1-7-5-3-4-6-8(7)9-14-11-16-12(19-2)15-10(13)18(11)17-9/h3-6H,1-2H3,(H2,13,14,15,16,17). The lowest BCUT2D eigenvalue weighted by atomic mass is 10.1. The highest BCUT2D eigenvalue weighted by Crippen LogP contribution is 2.21. The zero-order chi connectivity index (χ0) is 13.4. The maximum atomic E-state index is 5.86. The fourth-order valence-electron chi connectivity index (χ4n) is 1.81. The van der Waals surface area contributed by atoms with Crippen LogP contribution in [-0.4, -0.2) is 30.8 Å². The fourth-order valence-corrected chi connectivity index (χ4v) is 2.17. The van der Waals surface area contributed by atoms with E-state index in [0.29, 0.717) is 22.7 Å². The number of nitrogen functional groups attached to an aromatic ring is 1. The second-order valence-electron chi connectivity index (χ2n) is 4.03. The van der Waals surface area contributed by atoms with Crippen LogP contribution in [0.3, 0.4) is 0 Å². The molecule has 0 aliphatic carbocycles. The van der Waals surface area contributed by atoms with Gasteiger partial charge < -0.3 is 5.73 Å². The number of nitrogens with zero attached hydrogens (tertiary/aromatic N) is 5. The van der Waals surface area contributed by atoms with Crippen molar-refractivity contribution in [1.82, 2.24) is 24.6 Å². The Morgan fingerprint density at radius 3 is 2.68 bits per heavy atom. The van der Waals surface area contributed by atoms with Gasteiger partial charge in [0, 0.05) is 5.56 Å². The molecule has 0 aliphatic heterocycles. The van der Waals surface area contributed by atoms with E-state index < -0.39 is 0 Å². The Balaban J connectivity index is 2.22. The SMILES string of the molecule is CSc1nc(N)n2nc(-c3ccccc3C)nc2n1. The molecule has 0 amide bonds. The summed E-state index contributed by atoms with van der Waals surface area (Å²) in [6.45, 7) is 2.02. The van der Waals surface area contributed by atoms with Crippen molar-refractivity contribution in [2.24, 2.45) is 0 Å². The lowest BCUT2D eigenvalue weighted by molar-refractivity contribution is 0.851. The summed E-state index contributed by atoms with van der Waals surface area (Å²) in [5.74, 6) is 1.37. The average molecular weight is 272 g/mol. The number of nitrogens with two attached hydrogens (primary N) is 1. The molecule has 3 rings (SSSR count). The van der Waals surface area contributed by atoms with Gasteiger partial charge in [-0.2, -0.15) is 19.5 Å². The van der Waals surface area contributed by atoms with Crippen LogP contribution in [0.5, 0.6) is 0 Å². The molecule has 0 aliphatic rings. The summed E-state index contributed by atoms with van der Waals surface area (Å²) in [4.78, 5) is 12.9. The second-order valence-corrected chi connectivity index (χ2v) is 4.80. The monoisotopic (exact) mass is 272 g/mol. The molecule has 0 saturated heterocycles. The molecule has 96 valence electrons. The fraction of sp³-hybridized carbons (Fsp3) is 0.167. The molecule has 6 nitrogen and oxygen atoms in total. The van der Waals surface area contributed by atoms with Crippen LogP contribution in [0.1, 0.15) is 5.56 Å². The van der Waals surface area contributed by atoms with Gasteiger partial charge >= 0.3 is 0 Å². The molecule has 0 radical (unpaired) electrons. The number of hydrogen-bond acceptors (Lipinski definition) is 6. The van der Waals surface area contributed by atoms with E-state index in [1.807, 2.05) is 37.4 Å². The average Bonchev–Trinajstić information content (AvgIpc) is 2.83. The Bertz CT molecular complexity index is 751. The first kappa shape index (κ1) is 11.9. The van der Waals surface area contributed by atoms with Crippen LogP contribution in [0.15, 0.2) is 29.4 Å². The minimum absolute atomic E-state index is 0.293. The lowest BCUT2D eigenvalue weighted by Crippen LogP contribution is -2.04. The summed E-state index contributed by atoms with van der Waals surface area (Å²) in [5.41, 5.74) is 7.94. The van der Waals surface area contributed by atoms with Crippen molar-refractivity contribution in [3.8, 4) is 11.4 Å². The van der Waals surface area contributed by atoms with Gasteiger partial charge in [-0.05, 0) is 18.7 Å². The molecule has 0 saturated carbocycles. The maximum absolute atomic E-state index is 5.86. The van der Waals surface area contributed by atoms with E-state index in [0.717, 1.165) is 11.1 Å². The number of hydrogen-bond donors (Lipinski definition) is 1. The number of anilines is 1. The molecule has 0 unspecified atom stereocenters. The number of fused-ring (bicyclic) bond motifs is 1. The highest BCUT2D eigenvalue weighted by Gasteiger charge is 2.12. The van der Waals surface area contributed by atoms with Crippen molar-refractivity contribution in [2.75, 3.05) is 12.0 Å². The first-order valence-corrected chi connectivity index (χ1v) is 6.92. The summed E-state index contributed by atoms with van der Waals surface area (Å²) >= 11 is 1.42. The summed E-state index contributed by atoms with van der Waals surface area (Å²) in [7, 11) is 0. The van der Waals surface area contributed by atoms with Crippen LogP contribution in [0.2, 0.25) is 0 Å². The van der Waals surface area contributed by atoms with Gasteiger partial charge in [0.1, 0.15) is 0 Å². The van der Waals surface area contributed by atoms with Crippen LogP contribution in [0, 0.1) is 6.92 Å². The highest BCUT2D eigenvalue weighted by molar-refractivity contribution is 7.98. The van der Waals surface area contributed by atoms with Crippen molar-refractivity contribution in [1.29, 1.82) is 0 Å². The smallest absolute Gasteiger partial charge is 0.258 e. The van der Waals surface area contributed by atoms with Crippen LogP contribution in [-0.2, 0) is 0 Å². The van der Waals surface area contributed by atoms with E-state index in [9.17, 15) is 0 Å². The number of benzene rings is 1. The molecule has 1 aromatic carbocycles. The third-order valence-electron chi connectivity index (χ3n) is 2.78. The van der Waals surface area contributed by atoms with Gasteiger partial charge in [-0.25, -0.2) is 0 Å². The van der Waals surface area contributed by atoms with Crippen molar-refractivity contribution >= 4 is 23.5 Å². The Morgan fingerprint density at radius 2 is 1.95 bits per heavy atom. The van der Waals surface area contributed by atoms with Gasteiger partial charge in [0.05, 0.1) is 0 Å². The van der Waals surface area contributed by atoms with Crippen molar-refractivity contribution in [2.45, 2.75) is 12.1 Å². The molecule has 2 N–H and O–H groups in total. The third kappa shape index (κ3) is 2.01. The van der Waals surface area contributed by atoms with E-state index in [1.165, 1.54) is 16.3 Å². The lowest BCUT2D eigenvalue weighted by Gasteiger charge is -1.99. The summed E-state index contributed by atoms with van der Waals surface area (Å²) in [6.07, 6.45) is 1.89. The molecule has 7 heteroatoms. The Morgan fingerprint density at radius 1 is 1.16 bits per heavy atom. The van der Waals surface area contributed by atoms with E-state index in [-0.39, 0.29) is 0 Å². The molecular weight excluding hydrogens is 260 g/mol. The number of thioether (sulfide) groups is 1. The van der Waals surface area contributed by atoms with Gasteiger partial charge in [-0.1, -0.05) is 36.0 Å². The third-order valence-corrected chi connectivity index (χ3v) is 3.33. The summed E-state index contributed by atoms with van der Waals surface area (Å²) < 4.78 is 1.46. The maximum Gasteiger partial charge on any atom is 0.258 e. The summed E-state index contributed by atoms with van der Waals surface area (Å²) in [5, 5.41) is 4.96. The van der Waals surface area contributed by atoms with Gasteiger partial charge in [0.25, 0.3) is 5.78 Å². The Labute approximate surface area is 114 Å². The first-order valence-electron chi connectivity index (χ1n) is 5.69. The van der Waals surface area contributed by atoms with E-state index in [1.54, 1.807) is 0 Å². The normalized spacial score (nSPS) is 11.1. The predicted molar refractivity (Wildman–Crippen MR) is 74.9 cm³/mol. The van der Waals surface area contributed by atoms with Crippen LogP contribution < -0.4 is 5.73 Å². The van der Waals surface area contributed by atoms with Crippen LogP contribution >= 0.6 is 11.8 Å². The van der Waals surface area contributed by atoms with Crippen LogP contribution in [0.4, 0.5) is 5.95 Å². The molecule has 19 heavy (non-hydrogen) atoms. The highest BCUT2D eigenvalue weighted by atomic mass is 32.2. The minimum atomic E-state index is 0.293. The first-order chi connectivity index (χ1) is 9.19. The van der Waals surface area contributed by atoms with E-state index in [2.05, 4.69) is 20.1 Å². The molecule has 2 aromatic heterocycles. The van der Waals surface area contributed by atoms with Gasteiger partial charge in [0.2, 0.25) is 5.95 Å². The molecule has 0 atom stereocenters. The molecule has 2 heterocycles. The Hall–Kier alpha value is -2.15. The predicted octanol–water partition coefficient (Wildman–Crippen LogP) is 1.80. The number of aryl methyl sites for hydroxylation is 1. The zero-order valence-corrected chi connectivity index (χ0v) is 11.3. The second kappa shape index (κ2) is 4.51. The topological polar surface area (TPSA) is 82.0 Å². The molecule has 3 aromatic rings. The minimum Gasteiger partial charge on any atom is -0.368 e. The van der Waals surface area contributed by atoms with Crippen molar-refractivity contribution < 1.29 is 0 Å². The summed E-state index contributed by atoms with van der Waals surface area (Å²) in [6, 6.07) is 7.93. The van der Waals surface area contributed by atoms with Crippen LogP contribution in [0.25, 0.3) is 17.2 Å². The zero-order valence-electron chi connectivity index (χ0n) is 10.5. The molecular formula is C12H12N6S. The van der Waals surface area contributed by atoms with E-state index in [4.69, 9.17) is 5.73 Å². The molecule has 0 bridgehead atoms. The number of rotatable bonds is 2. The largest absolute Gasteiger partial charge is 0.368 e. The van der Waals surface area contributed by atoms with E-state index >= 15 is 0 Å². The van der Waals surface area contributed by atoms with Crippen molar-refractivity contribution in [3.63, 3.8) is 0 Å². The van der Waals surface area contributed by atoms with Crippen molar-refractivity contribution in [3.05, 3.63) is 29.8 Å². The van der Waals surface area contributed by atoms with Gasteiger partial charge in [-0.15, -0.1) is 5.10 Å². The molecule has 0 spiro atoms.